The van der Waals surface area contributed by atoms with Crippen molar-refractivity contribution in [3.63, 3.8) is 0 Å². The number of halogens is 4. The van der Waals surface area contributed by atoms with Crippen LogP contribution >= 0.6 is 34.8 Å². The van der Waals surface area contributed by atoms with Gasteiger partial charge in [0.1, 0.15) is 16.4 Å². The number of rotatable bonds is 0. The van der Waals surface area contributed by atoms with Crippen LogP contribution in [0.5, 0.6) is 0 Å². The summed E-state index contributed by atoms with van der Waals surface area (Å²) in [5.74, 6) is 4.76. The van der Waals surface area contributed by atoms with Gasteiger partial charge in [0.15, 0.2) is 11.0 Å². The van der Waals surface area contributed by atoms with Crippen molar-refractivity contribution in [2.24, 2.45) is 0 Å². The molecule has 0 unspecified atom stereocenters. The average molecular weight is 305 g/mol. The first-order chi connectivity index (χ1) is 8.54. The third-order valence-electron chi connectivity index (χ3n) is 2.06. The van der Waals surface area contributed by atoms with Gasteiger partial charge in [0.25, 0.3) is 0 Å². The molecular weight excluding hydrogens is 299 g/mol. The van der Waals surface area contributed by atoms with Crippen LogP contribution in [-0.4, -0.2) is 15.0 Å². The van der Waals surface area contributed by atoms with Crippen molar-refractivity contribution in [3.05, 3.63) is 27.1 Å². The summed E-state index contributed by atoms with van der Waals surface area (Å²) in [6.45, 7) is 1.87. The minimum absolute atomic E-state index is 0.00605. The molecule has 0 saturated heterocycles. The Balaban J connectivity index is 2.92. The van der Waals surface area contributed by atoms with Gasteiger partial charge < -0.3 is 0 Å². The van der Waals surface area contributed by atoms with Gasteiger partial charge in [-0.3, -0.25) is 0 Å². The van der Waals surface area contributed by atoms with E-state index in [0.717, 1.165) is 0 Å². The zero-order valence-electron chi connectivity index (χ0n) is 9.06. The van der Waals surface area contributed by atoms with Crippen LogP contribution in [0.4, 0.5) is 4.39 Å². The fourth-order valence-electron chi connectivity index (χ4n) is 1.34. The van der Waals surface area contributed by atoms with Crippen LogP contribution in [0.1, 0.15) is 19.0 Å². The molecule has 2 aromatic rings. The molecule has 0 spiro atoms. The smallest absolute Gasteiger partial charge is 0.224 e. The van der Waals surface area contributed by atoms with E-state index >= 15 is 0 Å². The Labute approximate surface area is 117 Å². The molecule has 0 bridgehead atoms. The van der Waals surface area contributed by atoms with Crippen molar-refractivity contribution < 1.29 is 4.39 Å². The van der Waals surface area contributed by atoms with E-state index in [2.05, 4.69) is 26.8 Å². The molecule has 2 heterocycles. The van der Waals surface area contributed by atoms with E-state index in [1.54, 1.807) is 0 Å². The number of aromatic nitrogens is 3. The predicted octanol–water partition coefficient (Wildman–Crippen LogP) is 3.89. The molecule has 0 radical (unpaired) electrons. The number of hydrogen-bond donors (Lipinski definition) is 0. The van der Waals surface area contributed by atoms with E-state index in [1.807, 2.05) is 6.92 Å². The Morgan fingerprint density at radius 3 is 2.50 bits per heavy atom. The topological polar surface area (TPSA) is 38.7 Å². The van der Waals surface area contributed by atoms with E-state index in [1.165, 1.54) is 0 Å². The van der Waals surface area contributed by atoms with Gasteiger partial charge in [0, 0.05) is 6.42 Å². The molecular formula is C11H5Cl3FN3. The van der Waals surface area contributed by atoms with Crippen molar-refractivity contribution in [3.8, 4) is 11.8 Å². The number of fused-ring (bicyclic) bond motifs is 1. The third-order valence-corrected chi connectivity index (χ3v) is 2.75. The summed E-state index contributed by atoms with van der Waals surface area (Å²) < 4.78 is 13.8. The molecule has 18 heavy (non-hydrogen) atoms. The van der Waals surface area contributed by atoms with Gasteiger partial charge in [-0.2, -0.15) is 0 Å². The van der Waals surface area contributed by atoms with Crippen molar-refractivity contribution in [1.82, 2.24) is 15.0 Å². The first-order valence-corrected chi connectivity index (χ1v) is 6.04. The number of pyridine rings is 1. The maximum Gasteiger partial charge on any atom is 0.224 e. The van der Waals surface area contributed by atoms with Crippen molar-refractivity contribution in [2.45, 2.75) is 13.3 Å². The maximum atomic E-state index is 13.8. The zero-order chi connectivity index (χ0) is 13.3. The van der Waals surface area contributed by atoms with Crippen LogP contribution in [0.2, 0.25) is 15.6 Å². The molecule has 2 aromatic heterocycles. The minimum atomic E-state index is -0.792. The fraction of sp³-hybridized carbons (Fsp3) is 0.182. The van der Waals surface area contributed by atoms with Crippen LogP contribution in [0.25, 0.3) is 10.9 Å². The van der Waals surface area contributed by atoms with Gasteiger partial charge in [-0.15, -0.1) is 0 Å². The summed E-state index contributed by atoms with van der Waals surface area (Å²) in [4.78, 5) is 11.3. The molecule has 0 aliphatic heterocycles. The Bertz CT molecular complexity index is 691. The van der Waals surface area contributed by atoms with E-state index < -0.39 is 5.82 Å². The average Bonchev–Trinajstić information content (AvgIpc) is 2.31. The fourth-order valence-corrected chi connectivity index (χ4v) is 1.99. The summed E-state index contributed by atoms with van der Waals surface area (Å²) in [7, 11) is 0. The first kappa shape index (κ1) is 13.3. The second kappa shape index (κ2) is 5.23. The van der Waals surface area contributed by atoms with Crippen LogP contribution in [0.15, 0.2) is 0 Å². The Morgan fingerprint density at radius 1 is 1.11 bits per heavy atom. The van der Waals surface area contributed by atoms with Crippen molar-refractivity contribution in [1.29, 1.82) is 0 Å². The van der Waals surface area contributed by atoms with E-state index in [-0.39, 0.29) is 32.2 Å². The molecule has 0 amide bonds. The Kier molecular flexibility index (Phi) is 3.86. The van der Waals surface area contributed by atoms with Gasteiger partial charge in [-0.25, -0.2) is 19.3 Å². The molecule has 7 heteroatoms. The lowest BCUT2D eigenvalue weighted by molar-refractivity contribution is 0.630. The normalized spacial score (nSPS) is 10.3. The monoisotopic (exact) mass is 303 g/mol. The lowest BCUT2D eigenvalue weighted by atomic mass is 10.2. The van der Waals surface area contributed by atoms with Gasteiger partial charge in [0.05, 0.1) is 5.39 Å². The minimum Gasteiger partial charge on any atom is -0.224 e. The van der Waals surface area contributed by atoms with Gasteiger partial charge in [-0.05, 0) is 17.5 Å². The molecule has 0 fully saturated rings. The number of hydrogen-bond acceptors (Lipinski definition) is 3. The largest absolute Gasteiger partial charge is 0.224 e. The number of nitrogens with zero attached hydrogens (tertiary/aromatic N) is 3. The van der Waals surface area contributed by atoms with Gasteiger partial charge >= 0.3 is 0 Å². The molecule has 3 nitrogen and oxygen atoms in total. The van der Waals surface area contributed by atoms with Crippen molar-refractivity contribution >= 4 is 45.7 Å². The highest BCUT2D eigenvalue weighted by Crippen LogP contribution is 2.29. The Morgan fingerprint density at radius 2 is 1.83 bits per heavy atom. The predicted molar refractivity (Wildman–Crippen MR) is 69.5 cm³/mol. The quantitative estimate of drug-likeness (QED) is 0.321. The lowest BCUT2D eigenvalue weighted by Gasteiger charge is -2.04. The summed E-state index contributed by atoms with van der Waals surface area (Å²) in [6, 6.07) is 0. The molecule has 0 aliphatic carbocycles. The lowest BCUT2D eigenvalue weighted by Crippen LogP contribution is -1.97. The molecule has 0 aliphatic rings. The van der Waals surface area contributed by atoms with E-state index in [4.69, 9.17) is 34.8 Å². The summed E-state index contributed by atoms with van der Waals surface area (Å²) >= 11 is 17.2. The molecule has 0 atom stereocenters. The van der Waals surface area contributed by atoms with E-state index in [0.29, 0.717) is 6.42 Å². The molecule has 0 saturated carbocycles. The second-order valence-corrected chi connectivity index (χ2v) is 4.28. The van der Waals surface area contributed by atoms with Crippen LogP contribution in [-0.2, 0) is 0 Å². The molecule has 92 valence electrons. The summed E-state index contributed by atoms with van der Waals surface area (Å²) in [5.41, 5.74) is 0.153. The highest BCUT2D eigenvalue weighted by molar-refractivity contribution is 6.36. The zero-order valence-corrected chi connectivity index (χ0v) is 11.3. The molecule has 0 aromatic carbocycles. The summed E-state index contributed by atoms with van der Waals surface area (Å²) in [6.07, 6.45) is 0.615. The third kappa shape index (κ3) is 2.35. The van der Waals surface area contributed by atoms with E-state index in [9.17, 15) is 4.39 Å². The van der Waals surface area contributed by atoms with Crippen molar-refractivity contribution in [2.75, 3.05) is 0 Å². The first-order valence-electron chi connectivity index (χ1n) is 4.91. The highest BCUT2D eigenvalue weighted by Gasteiger charge is 2.17. The molecule has 2 rings (SSSR count). The van der Waals surface area contributed by atoms with Crippen LogP contribution in [0, 0.1) is 17.7 Å². The van der Waals surface area contributed by atoms with Gasteiger partial charge in [0.2, 0.25) is 5.28 Å². The highest BCUT2D eigenvalue weighted by atomic mass is 35.5. The maximum absolute atomic E-state index is 13.8. The van der Waals surface area contributed by atoms with Gasteiger partial charge in [-0.1, -0.05) is 36.0 Å². The van der Waals surface area contributed by atoms with Crippen LogP contribution in [0.3, 0.4) is 0 Å². The SMILES string of the molecule is CCC#Cc1nc(Cl)c(F)c2nc(Cl)nc(Cl)c12. The van der Waals surface area contributed by atoms with Crippen LogP contribution < -0.4 is 0 Å². The second-order valence-electron chi connectivity index (χ2n) is 3.23. The standard InChI is InChI=1S/C11H5Cl3FN3/c1-2-3-4-5-6-8(7(15)10(13)16-5)17-11(14)18-9(6)12/h2H2,1H3. The molecule has 0 N–H and O–H groups in total. The Hall–Kier alpha value is -1.15. The summed E-state index contributed by atoms with van der Waals surface area (Å²) in [5, 5.41) is -0.283.